The monoisotopic (exact) mass is 797 g/mol. The zero-order chi connectivity index (χ0) is 39.7. The Morgan fingerprint density at radius 1 is 0.500 bits per heavy atom. The summed E-state index contributed by atoms with van der Waals surface area (Å²) in [6, 6.07) is 26.5. The maximum absolute atomic E-state index is 12.6. The van der Waals surface area contributed by atoms with Crippen molar-refractivity contribution >= 4 is 67.3 Å². The van der Waals surface area contributed by atoms with E-state index in [1.807, 2.05) is 48.5 Å². The first-order valence-electron chi connectivity index (χ1n) is 16.9. The number of aromatic nitrogens is 6. The highest BCUT2D eigenvalue weighted by molar-refractivity contribution is 7.86. The van der Waals surface area contributed by atoms with Crippen LogP contribution in [0, 0.1) is 0 Å². The van der Waals surface area contributed by atoms with Gasteiger partial charge in [0.15, 0.2) is 0 Å². The Bertz CT molecular complexity index is 2400. The van der Waals surface area contributed by atoms with Gasteiger partial charge < -0.3 is 26.2 Å². The van der Waals surface area contributed by atoms with Crippen LogP contribution in [-0.2, 0) is 39.5 Å². The lowest BCUT2D eigenvalue weighted by molar-refractivity contribution is 0.296. The summed E-state index contributed by atoms with van der Waals surface area (Å²) in [6.45, 7) is -0.441. The molecule has 0 amide bonds. The Morgan fingerprint density at radius 2 is 0.946 bits per heavy atom. The van der Waals surface area contributed by atoms with Crippen LogP contribution in [-0.4, -0.2) is 79.3 Å². The minimum Gasteiger partial charge on any atom is -0.396 e. The average Bonchev–Trinajstić information content (AvgIpc) is 3.15. The van der Waals surface area contributed by atoms with Crippen LogP contribution in [0.25, 0.3) is 12.2 Å². The second-order valence-corrected chi connectivity index (χ2v) is 14.8. The predicted octanol–water partition coefficient (Wildman–Crippen LogP) is 4.61. The molecule has 56 heavy (non-hydrogen) atoms. The molecule has 288 valence electrons. The summed E-state index contributed by atoms with van der Waals surface area (Å²) < 4.78 is 70.6. The van der Waals surface area contributed by atoms with E-state index < -0.39 is 30.0 Å². The van der Waals surface area contributed by atoms with Gasteiger partial charge in [-0.25, -0.2) is 4.98 Å². The van der Waals surface area contributed by atoms with E-state index in [0.717, 1.165) is 6.07 Å². The van der Waals surface area contributed by atoms with Gasteiger partial charge in [-0.1, -0.05) is 66.7 Å². The van der Waals surface area contributed by atoms with Gasteiger partial charge in [-0.05, 0) is 59.2 Å². The number of para-hydroxylation sites is 2. The van der Waals surface area contributed by atoms with E-state index in [1.54, 1.807) is 18.2 Å². The summed E-state index contributed by atoms with van der Waals surface area (Å²) in [4.78, 5) is 25.1. The molecule has 0 atom stereocenters. The molecule has 2 aromatic heterocycles. The second kappa shape index (κ2) is 17.5. The van der Waals surface area contributed by atoms with Crippen LogP contribution in [0.15, 0.2) is 107 Å². The predicted molar refractivity (Wildman–Crippen MR) is 208 cm³/mol. The number of aliphatic hydroxyl groups excluding tert-OH is 2. The van der Waals surface area contributed by atoms with Gasteiger partial charge in [0.05, 0.1) is 13.2 Å². The van der Waals surface area contributed by atoms with Gasteiger partial charge in [-0.3, -0.25) is 9.11 Å². The minimum atomic E-state index is -4.83. The Balaban J connectivity index is 1.27. The lowest BCUT2D eigenvalue weighted by Crippen LogP contribution is -2.10. The molecule has 0 aliphatic carbocycles. The molecule has 6 aromatic rings. The number of nitrogens with zero attached hydrogens (tertiary/aromatic N) is 6. The van der Waals surface area contributed by atoms with Crippen molar-refractivity contribution in [2.24, 2.45) is 0 Å². The summed E-state index contributed by atoms with van der Waals surface area (Å²) in [6.07, 6.45) is 2.85. The lowest BCUT2D eigenvalue weighted by atomic mass is 10.1. The van der Waals surface area contributed by atoms with Gasteiger partial charge in [-0.15, -0.1) is 0 Å². The summed E-state index contributed by atoms with van der Waals surface area (Å²) >= 11 is 0. The highest BCUT2D eigenvalue weighted by atomic mass is 32.2. The zero-order valence-electron chi connectivity index (χ0n) is 29.3. The lowest BCUT2D eigenvalue weighted by Gasteiger charge is -2.12. The number of hydrogen-bond donors (Lipinski definition) is 7. The first kappa shape index (κ1) is 39.5. The molecule has 0 fully saturated rings. The fraction of sp³-hybridized carbons (Fsp3) is 0.135. The van der Waals surface area contributed by atoms with Crippen LogP contribution in [0.5, 0.6) is 0 Å². The third kappa shape index (κ3) is 10.7. The molecule has 0 saturated carbocycles. The third-order valence-corrected chi connectivity index (χ3v) is 9.67. The van der Waals surface area contributed by atoms with Gasteiger partial charge >= 0.3 is 0 Å². The van der Waals surface area contributed by atoms with E-state index in [4.69, 9.17) is 0 Å². The molecule has 0 aliphatic rings. The van der Waals surface area contributed by atoms with E-state index in [2.05, 4.69) is 45.9 Å². The normalized spacial score (nSPS) is 11.8. The molecule has 0 radical (unpaired) electrons. The molecule has 4 aromatic carbocycles. The Labute approximate surface area is 321 Å². The van der Waals surface area contributed by atoms with Crippen molar-refractivity contribution in [1.82, 2.24) is 29.9 Å². The number of aliphatic hydroxyl groups is 2. The Hall–Kier alpha value is -6.22. The van der Waals surface area contributed by atoms with E-state index in [1.165, 1.54) is 36.4 Å². The van der Waals surface area contributed by atoms with Crippen molar-refractivity contribution in [3.8, 4) is 0 Å². The highest BCUT2D eigenvalue weighted by Gasteiger charge is 2.19. The molecule has 0 aliphatic heterocycles. The Morgan fingerprint density at radius 3 is 1.46 bits per heavy atom. The second-order valence-electron chi connectivity index (χ2n) is 12.0. The van der Waals surface area contributed by atoms with Crippen molar-refractivity contribution in [2.75, 3.05) is 29.2 Å². The van der Waals surface area contributed by atoms with Crippen LogP contribution in [0.1, 0.15) is 34.2 Å². The fourth-order valence-electron chi connectivity index (χ4n) is 5.37. The number of rotatable bonds is 16. The largest absolute Gasteiger partial charge is 0.396 e. The smallest absolute Gasteiger partial charge is 0.295 e. The SMILES string of the molecule is O=S(=O)(O)c1cc(Cc2nc(CCO)nc(Nc3ccccc3)n2)ccc1/C=C/c1ccc(Nc2nc(CCO)nc(Nc3ccccc3)n2)cc1S(=O)(=O)O. The van der Waals surface area contributed by atoms with Crippen molar-refractivity contribution in [2.45, 2.75) is 29.1 Å². The topological polar surface area (TPSA) is 263 Å². The van der Waals surface area contributed by atoms with E-state index in [-0.39, 0.29) is 78.8 Å². The van der Waals surface area contributed by atoms with Crippen LogP contribution < -0.4 is 16.0 Å². The molecule has 2 heterocycles. The van der Waals surface area contributed by atoms with E-state index in [9.17, 15) is 36.2 Å². The molecular formula is C37H35N9O8S2. The zero-order valence-corrected chi connectivity index (χ0v) is 31.0. The van der Waals surface area contributed by atoms with Crippen LogP contribution in [0.4, 0.5) is 34.9 Å². The van der Waals surface area contributed by atoms with Crippen molar-refractivity contribution < 1.29 is 36.2 Å². The van der Waals surface area contributed by atoms with E-state index >= 15 is 0 Å². The molecule has 19 heteroatoms. The quantitative estimate of drug-likeness (QED) is 0.0521. The first-order chi connectivity index (χ1) is 26.9. The molecule has 0 bridgehead atoms. The summed E-state index contributed by atoms with van der Waals surface area (Å²) in [5.74, 6) is 1.24. The highest BCUT2D eigenvalue weighted by Crippen LogP contribution is 2.27. The standard InChI is InChI=1S/C37H35N9O8S2/c47-19-17-32-41-34(45-35(42-32)38-27-7-3-1-4-8-27)22-24-11-12-25(30(21-24)55(49,50)51)13-14-26-15-16-29(23-31(26)56(52,53)54)40-37-44-33(18-20-48)43-36(46-37)39-28-9-5-2-6-10-28/h1-16,21,23,47-48H,17-20,22H2,(H,49,50,51)(H,52,53,54)(H,38,41,42,45)(H2,39,40,43,44,46)/b14-13+. The van der Waals surface area contributed by atoms with Crippen LogP contribution in [0.2, 0.25) is 0 Å². The minimum absolute atomic E-state index is 0.00786. The third-order valence-electron chi connectivity index (χ3n) is 7.85. The summed E-state index contributed by atoms with van der Waals surface area (Å²) in [5, 5.41) is 28.0. The van der Waals surface area contributed by atoms with Crippen LogP contribution in [0.3, 0.4) is 0 Å². The van der Waals surface area contributed by atoms with Gasteiger partial charge in [0.25, 0.3) is 20.2 Å². The molecular weight excluding hydrogens is 763 g/mol. The van der Waals surface area contributed by atoms with Crippen molar-refractivity contribution in [3.05, 3.63) is 131 Å². The van der Waals surface area contributed by atoms with Crippen LogP contribution >= 0.6 is 0 Å². The van der Waals surface area contributed by atoms with Gasteiger partial charge in [0.1, 0.15) is 27.3 Å². The molecule has 0 spiro atoms. The van der Waals surface area contributed by atoms with Gasteiger partial charge in [0.2, 0.25) is 17.8 Å². The fourth-order valence-corrected chi connectivity index (χ4v) is 6.82. The molecule has 7 N–H and O–H groups in total. The summed E-state index contributed by atoms with van der Waals surface area (Å²) in [5.41, 5.74) is 2.01. The maximum atomic E-state index is 12.6. The van der Waals surface area contributed by atoms with Crippen molar-refractivity contribution in [3.63, 3.8) is 0 Å². The molecule has 17 nitrogen and oxygen atoms in total. The van der Waals surface area contributed by atoms with Gasteiger partial charge in [0, 0.05) is 36.3 Å². The molecule has 6 rings (SSSR count). The molecule has 0 unspecified atom stereocenters. The number of benzene rings is 4. The molecule has 0 saturated heterocycles. The number of hydrogen-bond acceptors (Lipinski definition) is 15. The summed E-state index contributed by atoms with van der Waals surface area (Å²) in [7, 11) is -9.62. The Kier molecular flexibility index (Phi) is 12.3. The maximum Gasteiger partial charge on any atom is 0.295 e. The number of anilines is 6. The average molecular weight is 798 g/mol. The van der Waals surface area contributed by atoms with E-state index in [0.29, 0.717) is 22.8 Å². The van der Waals surface area contributed by atoms with Crippen molar-refractivity contribution in [1.29, 1.82) is 0 Å². The van der Waals surface area contributed by atoms with Gasteiger partial charge in [-0.2, -0.15) is 41.8 Å². The first-order valence-corrected chi connectivity index (χ1v) is 19.8. The number of nitrogens with one attached hydrogen (secondary N) is 3.